The second-order valence-electron chi connectivity index (χ2n) is 3.72. The van der Waals surface area contributed by atoms with Gasteiger partial charge in [-0.3, -0.25) is 4.72 Å². The summed E-state index contributed by atoms with van der Waals surface area (Å²) >= 11 is 0. The highest BCUT2D eigenvalue weighted by atomic mass is 32.2. The number of rotatable bonds is 4. The first-order chi connectivity index (χ1) is 9.40. The van der Waals surface area contributed by atoms with Crippen LogP contribution in [0.5, 0.6) is 5.75 Å². The average molecular weight is 295 g/mol. The highest BCUT2D eigenvalue weighted by molar-refractivity contribution is 7.92. The summed E-state index contributed by atoms with van der Waals surface area (Å²) in [7, 11) is -3.99. The van der Waals surface area contributed by atoms with Gasteiger partial charge in [0.05, 0.1) is 23.0 Å². The van der Waals surface area contributed by atoms with E-state index in [0.29, 0.717) is 0 Å². The van der Waals surface area contributed by atoms with Crippen LogP contribution in [0.4, 0.5) is 5.69 Å². The highest BCUT2D eigenvalue weighted by Gasteiger charge is 2.19. The summed E-state index contributed by atoms with van der Waals surface area (Å²) in [6, 6.07) is 2.96. The van der Waals surface area contributed by atoms with Crippen LogP contribution in [0.15, 0.2) is 41.8 Å². The zero-order valence-electron chi connectivity index (χ0n) is 9.89. The Morgan fingerprint density at radius 1 is 1.20 bits per heavy atom. The first-order valence-corrected chi connectivity index (χ1v) is 6.72. The first-order valence-electron chi connectivity index (χ1n) is 5.24. The Bertz CT molecular complexity index is 746. The van der Waals surface area contributed by atoms with Crippen LogP contribution in [-0.4, -0.2) is 34.6 Å². The fourth-order valence-electron chi connectivity index (χ4n) is 1.42. The molecule has 0 aliphatic carbocycles. The predicted molar refractivity (Wildman–Crippen MR) is 67.9 cm³/mol. The number of carboxylic acid groups (broad SMARTS) is 1. The molecule has 0 unspecified atom stereocenters. The highest BCUT2D eigenvalue weighted by Crippen LogP contribution is 2.22. The van der Waals surface area contributed by atoms with E-state index in [9.17, 15) is 18.3 Å². The van der Waals surface area contributed by atoms with Crippen LogP contribution in [-0.2, 0) is 10.0 Å². The molecule has 1 aromatic heterocycles. The number of sulfonamides is 1. The van der Waals surface area contributed by atoms with E-state index in [1.807, 2.05) is 0 Å². The predicted octanol–water partition coefficient (Wildman–Crippen LogP) is 0.681. The largest absolute Gasteiger partial charge is 0.507 e. The minimum absolute atomic E-state index is 0.137. The Labute approximate surface area is 113 Å². The van der Waals surface area contributed by atoms with Crippen molar-refractivity contribution in [3.8, 4) is 5.75 Å². The fraction of sp³-hybridized carbons (Fsp3) is 0. The van der Waals surface area contributed by atoms with Gasteiger partial charge in [0.15, 0.2) is 0 Å². The third-order valence-electron chi connectivity index (χ3n) is 2.32. The molecule has 0 radical (unpaired) electrons. The summed E-state index contributed by atoms with van der Waals surface area (Å²) < 4.78 is 26.3. The van der Waals surface area contributed by atoms with Gasteiger partial charge in [-0.2, -0.15) is 0 Å². The van der Waals surface area contributed by atoms with Crippen LogP contribution in [0, 0.1) is 0 Å². The number of hydrogen-bond donors (Lipinski definition) is 3. The van der Waals surface area contributed by atoms with Crippen molar-refractivity contribution in [2.45, 2.75) is 4.90 Å². The standard InChI is InChI=1S/C11H9N3O5S/c15-10-2-1-8(3-9(10)11(16)17)20(18,19)14-7-4-12-6-13-5-7/h1-6,14-15H,(H,16,17). The van der Waals surface area contributed by atoms with Crippen LogP contribution in [0.25, 0.3) is 0 Å². The molecule has 104 valence electrons. The summed E-state index contributed by atoms with van der Waals surface area (Å²) in [5.41, 5.74) is -0.366. The van der Waals surface area contributed by atoms with Crippen molar-refractivity contribution in [3.63, 3.8) is 0 Å². The van der Waals surface area contributed by atoms with E-state index in [-0.39, 0.29) is 10.6 Å². The van der Waals surface area contributed by atoms with Gasteiger partial charge in [0.25, 0.3) is 10.0 Å². The lowest BCUT2D eigenvalue weighted by molar-refractivity contribution is 0.0693. The van der Waals surface area contributed by atoms with E-state index in [1.165, 1.54) is 18.7 Å². The fourth-order valence-corrected chi connectivity index (χ4v) is 2.47. The Kier molecular flexibility index (Phi) is 3.53. The topological polar surface area (TPSA) is 129 Å². The number of carbonyl (C=O) groups is 1. The van der Waals surface area contributed by atoms with Gasteiger partial charge in [0.1, 0.15) is 17.6 Å². The molecule has 0 aliphatic rings. The van der Waals surface area contributed by atoms with E-state index in [1.54, 1.807) is 0 Å². The molecule has 3 N–H and O–H groups in total. The summed E-state index contributed by atoms with van der Waals surface area (Å²) in [4.78, 5) is 17.9. The third kappa shape index (κ3) is 2.83. The molecule has 0 saturated heterocycles. The molecule has 0 spiro atoms. The SMILES string of the molecule is O=C(O)c1cc(S(=O)(=O)Nc2cncnc2)ccc1O. The van der Waals surface area contributed by atoms with E-state index in [4.69, 9.17) is 5.11 Å². The maximum absolute atomic E-state index is 12.0. The van der Waals surface area contributed by atoms with Crippen LogP contribution >= 0.6 is 0 Å². The zero-order chi connectivity index (χ0) is 14.8. The molecule has 0 bridgehead atoms. The lowest BCUT2D eigenvalue weighted by atomic mass is 10.2. The molecular weight excluding hydrogens is 286 g/mol. The number of anilines is 1. The molecule has 0 amide bonds. The molecular formula is C11H9N3O5S. The number of aromatic nitrogens is 2. The Hall–Kier alpha value is -2.68. The number of aromatic carboxylic acids is 1. The Morgan fingerprint density at radius 3 is 2.45 bits per heavy atom. The van der Waals surface area contributed by atoms with Crippen LogP contribution in [0.2, 0.25) is 0 Å². The van der Waals surface area contributed by atoms with Crippen molar-refractivity contribution in [2.24, 2.45) is 0 Å². The van der Waals surface area contributed by atoms with Gasteiger partial charge in [-0.05, 0) is 18.2 Å². The molecule has 1 heterocycles. The van der Waals surface area contributed by atoms with Crippen molar-refractivity contribution in [2.75, 3.05) is 4.72 Å². The van der Waals surface area contributed by atoms with Crippen molar-refractivity contribution < 1.29 is 23.4 Å². The maximum Gasteiger partial charge on any atom is 0.339 e. The van der Waals surface area contributed by atoms with Crippen molar-refractivity contribution in [1.82, 2.24) is 9.97 Å². The minimum Gasteiger partial charge on any atom is -0.507 e. The monoisotopic (exact) mass is 295 g/mol. The summed E-state index contributed by atoms with van der Waals surface area (Å²) in [6.45, 7) is 0. The molecule has 1 aromatic carbocycles. The van der Waals surface area contributed by atoms with Gasteiger partial charge in [0, 0.05) is 0 Å². The number of benzene rings is 1. The number of carboxylic acids is 1. The maximum atomic E-state index is 12.0. The molecule has 0 saturated carbocycles. The van der Waals surface area contributed by atoms with E-state index >= 15 is 0 Å². The van der Waals surface area contributed by atoms with E-state index in [2.05, 4.69) is 14.7 Å². The molecule has 8 nitrogen and oxygen atoms in total. The van der Waals surface area contributed by atoms with Crippen molar-refractivity contribution >= 4 is 21.7 Å². The first kappa shape index (κ1) is 13.7. The number of nitrogens with one attached hydrogen (secondary N) is 1. The van der Waals surface area contributed by atoms with Gasteiger partial charge in [-0.25, -0.2) is 23.2 Å². The van der Waals surface area contributed by atoms with Gasteiger partial charge in [-0.15, -0.1) is 0 Å². The Balaban J connectivity index is 2.40. The normalized spacial score (nSPS) is 11.0. The molecule has 2 aromatic rings. The second-order valence-corrected chi connectivity index (χ2v) is 5.40. The zero-order valence-corrected chi connectivity index (χ0v) is 10.7. The lowest BCUT2D eigenvalue weighted by Gasteiger charge is -2.08. The van der Waals surface area contributed by atoms with Gasteiger partial charge < -0.3 is 10.2 Å². The van der Waals surface area contributed by atoms with E-state index < -0.39 is 27.3 Å². The number of aromatic hydroxyl groups is 1. The van der Waals surface area contributed by atoms with Gasteiger partial charge in [0.2, 0.25) is 0 Å². The Morgan fingerprint density at radius 2 is 1.85 bits per heavy atom. The van der Waals surface area contributed by atoms with E-state index in [0.717, 1.165) is 18.2 Å². The van der Waals surface area contributed by atoms with Crippen molar-refractivity contribution in [1.29, 1.82) is 0 Å². The molecule has 9 heteroatoms. The minimum atomic E-state index is -3.99. The molecule has 0 fully saturated rings. The number of nitrogens with zero attached hydrogens (tertiary/aromatic N) is 2. The van der Waals surface area contributed by atoms with Gasteiger partial charge in [-0.1, -0.05) is 0 Å². The van der Waals surface area contributed by atoms with Crippen molar-refractivity contribution in [3.05, 3.63) is 42.5 Å². The molecule has 2 rings (SSSR count). The molecule has 0 aliphatic heterocycles. The quantitative estimate of drug-likeness (QED) is 0.756. The second kappa shape index (κ2) is 5.13. The van der Waals surface area contributed by atoms with Crippen LogP contribution < -0.4 is 4.72 Å². The number of phenols is 1. The van der Waals surface area contributed by atoms with Gasteiger partial charge >= 0.3 is 5.97 Å². The summed E-state index contributed by atoms with van der Waals surface area (Å²) in [6.07, 6.45) is 3.74. The number of hydrogen-bond acceptors (Lipinski definition) is 6. The summed E-state index contributed by atoms with van der Waals surface area (Å²) in [5.74, 6) is -1.94. The third-order valence-corrected chi connectivity index (χ3v) is 3.70. The lowest BCUT2D eigenvalue weighted by Crippen LogP contribution is -2.14. The summed E-state index contributed by atoms with van der Waals surface area (Å²) in [5, 5.41) is 18.2. The molecule has 20 heavy (non-hydrogen) atoms. The van der Waals surface area contributed by atoms with Crippen LogP contribution in [0.3, 0.4) is 0 Å². The smallest absolute Gasteiger partial charge is 0.339 e. The molecule has 0 atom stereocenters. The van der Waals surface area contributed by atoms with Crippen LogP contribution in [0.1, 0.15) is 10.4 Å². The average Bonchev–Trinajstić information content (AvgIpc) is 2.39.